The minimum atomic E-state index is -1.10. The van der Waals surface area contributed by atoms with E-state index in [0.717, 1.165) is 41.7 Å². The Morgan fingerprint density at radius 1 is 1.09 bits per heavy atom. The van der Waals surface area contributed by atoms with Gasteiger partial charge in [-0.05, 0) is 55.8 Å². The summed E-state index contributed by atoms with van der Waals surface area (Å²) in [6, 6.07) is 14.8. The van der Waals surface area contributed by atoms with Gasteiger partial charge in [0.1, 0.15) is 11.9 Å². The van der Waals surface area contributed by atoms with E-state index in [-0.39, 0.29) is 29.8 Å². The summed E-state index contributed by atoms with van der Waals surface area (Å²) in [5.41, 5.74) is 2.74. The van der Waals surface area contributed by atoms with Crippen LogP contribution in [0.3, 0.4) is 0 Å². The summed E-state index contributed by atoms with van der Waals surface area (Å²) in [6.07, 6.45) is 4.08. The minimum Gasteiger partial charge on any atom is -0.351 e. The molecule has 0 spiro atoms. The van der Waals surface area contributed by atoms with Gasteiger partial charge in [0, 0.05) is 22.2 Å². The molecule has 1 fully saturated rings. The number of hydrogen-bond acceptors (Lipinski definition) is 3. The van der Waals surface area contributed by atoms with Crippen molar-refractivity contribution in [2.75, 3.05) is 4.90 Å². The van der Waals surface area contributed by atoms with Crippen LogP contribution in [0.4, 0.5) is 10.1 Å². The van der Waals surface area contributed by atoms with E-state index in [1.807, 2.05) is 49.6 Å². The van der Waals surface area contributed by atoms with Gasteiger partial charge < -0.3 is 5.32 Å². The highest BCUT2D eigenvalue weighted by atomic mass is 32.1. The largest absolute Gasteiger partial charge is 0.351 e. The number of hydrogen-bond donors (Lipinski definition) is 1. The molecule has 0 radical (unpaired) electrons. The molecule has 1 heterocycles. The Kier molecular flexibility index (Phi) is 7.23. The zero-order chi connectivity index (χ0) is 23.4. The number of benzene rings is 2. The van der Waals surface area contributed by atoms with Crippen LogP contribution in [-0.4, -0.2) is 17.9 Å². The van der Waals surface area contributed by atoms with Gasteiger partial charge in [-0.1, -0.05) is 54.8 Å². The third-order valence-corrected chi connectivity index (χ3v) is 7.07. The Bertz CT molecular complexity index is 1120. The summed E-state index contributed by atoms with van der Waals surface area (Å²) in [7, 11) is 0. The van der Waals surface area contributed by atoms with E-state index in [4.69, 9.17) is 0 Å². The molecule has 4 nitrogen and oxygen atoms in total. The van der Waals surface area contributed by atoms with E-state index in [1.54, 1.807) is 18.2 Å². The van der Waals surface area contributed by atoms with Crippen LogP contribution in [0.1, 0.15) is 53.3 Å². The highest BCUT2D eigenvalue weighted by Crippen LogP contribution is 2.33. The van der Waals surface area contributed by atoms with E-state index < -0.39 is 11.9 Å². The molecule has 0 bridgehead atoms. The van der Waals surface area contributed by atoms with E-state index in [1.165, 1.54) is 22.3 Å². The monoisotopic (exact) mass is 464 g/mol. The molecule has 0 aliphatic heterocycles. The number of aryl methyl sites for hydroxylation is 2. The number of nitrogens with zero attached hydrogens (tertiary/aromatic N) is 1. The number of nitrogens with one attached hydrogen (secondary N) is 1. The fourth-order valence-corrected chi connectivity index (χ4v) is 5.28. The van der Waals surface area contributed by atoms with Crippen LogP contribution in [0.25, 0.3) is 0 Å². The van der Waals surface area contributed by atoms with Crippen LogP contribution in [0.2, 0.25) is 0 Å². The maximum Gasteiger partial charge on any atom is 0.248 e. The lowest BCUT2D eigenvalue weighted by molar-refractivity contribution is -0.127. The molecule has 1 atom stereocenters. The number of carbonyl (C=O) groups is 2. The molecule has 2 aromatic carbocycles. The molecule has 1 aliphatic carbocycles. The second-order valence-electron chi connectivity index (χ2n) is 8.72. The van der Waals surface area contributed by atoms with Gasteiger partial charge in [0.2, 0.25) is 11.8 Å². The molecule has 0 unspecified atom stereocenters. The number of thiophene rings is 1. The zero-order valence-electron chi connectivity index (χ0n) is 19.0. The average Bonchev–Trinajstić information content (AvgIpc) is 3.48. The molecule has 172 valence electrons. The molecule has 3 aromatic rings. The quantitative estimate of drug-likeness (QED) is 0.475. The van der Waals surface area contributed by atoms with Gasteiger partial charge >= 0.3 is 0 Å². The second kappa shape index (κ2) is 10.3. The molecule has 33 heavy (non-hydrogen) atoms. The van der Waals surface area contributed by atoms with E-state index in [2.05, 4.69) is 5.32 Å². The lowest BCUT2D eigenvalue weighted by Crippen LogP contribution is -2.47. The predicted molar refractivity (Wildman–Crippen MR) is 131 cm³/mol. The van der Waals surface area contributed by atoms with Crippen molar-refractivity contribution in [1.29, 1.82) is 0 Å². The Hall–Kier alpha value is -2.99. The van der Waals surface area contributed by atoms with E-state index in [0.29, 0.717) is 5.69 Å². The van der Waals surface area contributed by atoms with Crippen LogP contribution in [-0.2, 0) is 16.0 Å². The maximum absolute atomic E-state index is 15.1. The average molecular weight is 465 g/mol. The van der Waals surface area contributed by atoms with Crippen LogP contribution in [0.15, 0.2) is 60.0 Å². The van der Waals surface area contributed by atoms with Gasteiger partial charge in [0.15, 0.2) is 0 Å². The summed E-state index contributed by atoms with van der Waals surface area (Å²) in [5.74, 6) is -1.08. The molecule has 1 aliphatic rings. The Morgan fingerprint density at radius 3 is 2.52 bits per heavy atom. The molecule has 1 N–H and O–H groups in total. The van der Waals surface area contributed by atoms with Crippen molar-refractivity contribution in [3.8, 4) is 0 Å². The third-order valence-electron chi connectivity index (χ3n) is 6.19. The van der Waals surface area contributed by atoms with Gasteiger partial charge in [-0.15, -0.1) is 11.3 Å². The van der Waals surface area contributed by atoms with E-state index in [9.17, 15) is 9.59 Å². The van der Waals surface area contributed by atoms with Crippen LogP contribution < -0.4 is 10.2 Å². The van der Waals surface area contributed by atoms with Gasteiger partial charge in [-0.25, -0.2) is 4.39 Å². The molecular formula is C27H29FN2O2S. The number of anilines is 1. The molecule has 0 saturated heterocycles. The molecule has 1 aromatic heterocycles. The second-order valence-corrected chi connectivity index (χ2v) is 9.76. The zero-order valence-corrected chi connectivity index (χ0v) is 19.8. The first-order valence-corrected chi connectivity index (χ1v) is 12.3. The van der Waals surface area contributed by atoms with Crippen LogP contribution >= 0.6 is 11.3 Å². The lowest BCUT2D eigenvalue weighted by Gasteiger charge is -2.33. The summed E-state index contributed by atoms with van der Waals surface area (Å²) in [5, 5.41) is 5.02. The Labute approximate surface area is 198 Å². The molecular weight excluding hydrogens is 435 g/mol. The van der Waals surface area contributed by atoms with Gasteiger partial charge in [-0.2, -0.15) is 0 Å². The fourth-order valence-electron chi connectivity index (χ4n) is 4.59. The fraction of sp³-hybridized carbons (Fsp3) is 0.333. The van der Waals surface area contributed by atoms with Crippen molar-refractivity contribution in [2.24, 2.45) is 0 Å². The lowest BCUT2D eigenvalue weighted by atomic mass is 9.99. The van der Waals surface area contributed by atoms with Crippen molar-refractivity contribution in [3.05, 3.63) is 87.4 Å². The minimum absolute atomic E-state index is 0.0557. The van der Waals surface area contributed by atoms with Crippen molar-refractivity contribution in [1.82, 2.24) is 5.32 Å². The van der Waals surface area contributed by atoms with Crippen LogP contribution in [0.5, 0.6) is 0 Å². The first-order valence-electron chi connectivity index (χ1n) is 11.4. The summed E-state index contributed by atoms with van der Waals surface area (Å²) in [4.78, 5) is 29.8. The van der Waals surface area contributed by atoms with Gasteiger partial charge in [0.05, 0.1) is 6.42 Å². The number of halogens is 1. The summed E-state index contributed by atoms with van der Waals surface area (Å²) in [6.45, 7) is 3.90. The van der Waals surface area contributed by atoms with Crippen molar-refractivity contribution in [2.45, 2.75) is 58.0 Å². The highest BCUT2D eigenvalue weighted by Gasteiger charge is 2.36. The van der Waals surface area contributed by atoms with Crippen molar-refractivity contribution >= 4 is 28.8 Å². The summed E-state index contributed by atoms with van der Waals surface area (Å²) >= 11 is 1.49. The predicted octanol–water partition coefficient (Wildman–Crippen LogP) is 5.88. The SMILES string of the molecule is Cc1ccc(N(C(=O)Cc2cccs2)[C@H](C(=O)NC2CCCC2)c2ccccc2F)c(C)c1. The normalized spacial score (nSPS) is 14.8. The Balaban J connectivity index is 1.81. The van der Waals surface area contributed by atoms with Gasteiger partial charge in [-0.3, -0.25) is 14.5 Å². The standard InChI is InChI=1S/C27H29FN2O2S/c1-18-13-14-24(19(2)16-18)30(25(31)17-21-10-7-15-33-21)26(22-11-5-6-12-23(22)28)27(32)29-20-8-3-4-9-20/h5-7,10-16,20,26H,3-4,8-9,17H2,1-2H3,(H,29,32)/t26-/m0/s1. The maximum atomic E-state index is 15.1. The van der Waals surface area contributed by atoms with Gasteiger partial charge in [0.25, 0.3) is 0 Å². The Morgan fingerprint density at radius 2 is 1.85 bits per heavy atom. The number of rotatable bonds is 7. The number of carbonyl (C=O) groups excluding carboxylic acids is 2. The topological polar surface area (TPSA) is 49.4 Å². The van der Waals surface area contributed by atoms with E-state index >= 15 is 4.39 Å². The molecule has 6 heteroatoms. The first kappa shape index (κ1) is 23.2. The molecule has 2 amide bonds. The molecule has 4 rings (SSSR count). The summed E-state index contributed by atoms with van der Waals surface area (Å²) < 4.78 is 15.1. The molecule has 1 saturated carbocycles. The first-order chi connectivity index (χ1) is 15.9. The highest BCUT2D eigenvalue weighted by molar-refractivity contribution is 7.10. The smallest absolute Gasteiger partial charge is 0.248 e. The van der Waals surface area contributed by atoms with Crippen molar-refractivity contribution < 1.29 is 14.0 Å². The van der Waals surface area contributed by atoms with Crippen LogP contribution in [0, 0.1) is 19.7 Å². The number of amides is 2. The van der Waals surface area contributed by atoms with Crippen molar-refractivity contribution in [3.63, 3.8) is 0 Å². The third kappa shape index (κ3) is 5.33.